The first-order valence-corrected chi connectivity index (χ1v) is 3.57. The number of aliphatic carboxylic acids is 3. The van der Waals surface area contributed by atoms with Crippen molar-refractivity contribution in [2.24, 2.45) is 17.2 Å². The predicted molar refractivity (Wildman–Crippen MR) is 57.3 cm³/mol. The lowest BCUT2D eigenvalue weighted by Crippen LogP contribution is -2.10. The number of halogens is 1. The zero-order valence-electron chi connectivity index (χ0n) is 8.33. The zero-order chi connectivity index (χ0) is 12.9. The van der Waals surface area contributed by atoms with E-state index in [4.69, 9.17) is 15.3 Å². The summed E-state index contributed by atoms with van der Waals surface area (Å²) >= 11 is 0. The molecule has 9 nitrogen and oxygen atoms in total. The molecule has 0 bridgehead atoms. The highest BCUT2D eigenvalue weighted by atomic mass is 35.5. The predicted octanol–water partition coefficient (Wildman–Crippen LogP) is -2.49. The Hall–Kier alpha value is -1.42. The maximum atomic E-state index is 9.24. The van der Waals surface area contributed by atoms with Gasteiger partial charge in [-0.3, -0.25) is 14.4 Å². The molecule has 0 saturated carbocycles. The summed E-state index contributed by atoms with van der Waals surface area (Å²) < 4.78 is 0. The van der Waals surface area contributed by atoms with E-state index in [2.05, 4.69) is 17.2 Å². The first-order valence-electron chi connectivity index (χ1n) is 3.57. The summed E-state index contributed by atoms with van der Waals surface area (Å²) in [6.45, 7) is -0.833. The fourth-order valence-electron chi connectivity index (χ4n) is 0. The van der Waals surface area contributed by atoms with E-state index in [0.29, 0.717) is 0 Å². The second-order valence-corrected chi connectivity index (χ2v) is 1.79. The van der Waals surface area contributed by atoms with E-state index in [9.17, 15) is 14.4 Å². The van der Waals surface area contributed by atoms with Crippen LogP contribution in [-0.4, -0.2) is 52.9 Å². The molecule has 0 aliphatic rings. The molecule has 0 aromatic carbocycles. The quantitative estimate of drug-likeness (QED) is 0.319. The summed E-state index contributed by atoms with van der Waals surface area (Å²) in [7, 11) is 0. The van der Waals surface area contributed by atoms with Crippen molar-refractivity contribution in [3.05, 3.63) is 0 Å². The van der Waals surface area contributed by atoms with Crippen molar-refractivity contribution >= 4 is 30.3 Å². The molecule has 16 heavy (non-hydrogen) atoms. The van der Waals surface area contributed by atoms with Crippen LogP contribution in [0.3, 0.4) is 0 Å². The third kappa shape index (κ3) is 80.4. The Balaban J connectivity index is -0.0000000655. The van der Waals surface area contributed by atoms with Gasteiger partial charge in [-0.25, -0.2) is 0 Å². The minimum absolute atomic E-state index is 0. The maximum Gasteiger partial charge on any atom is 0.317 e. The molecule has 98 valence electrons. The van der Waals surface area contributed by atoms with Gasteiger partial charge >= 0.3 is 17.9 Å². The van der Waals surface area contributed by atoms with Crippen molar-refractivity contribution in [2.45, 2.75) is 0 Å². The third-order valence-corrected chi connectivity index (χ3v) is 0.524. The molecular weight excluding hydrogens is 246 g/mol. The van der Waals surface area contributed by atoms with Crippen LogP contribution in [0.1, 0.15) is 0 Å². The lowest BCUT2D eigenvalue weighted by molar-refractivity contribution is -0.136. The zero-order valence-corrected chi connectivity index (χ0v) is 9.14. The second kappa shape index (κ2) is 19.2. The average Bonchev–Trinajstić information content (AvgIpc) is 2.19. The highest BCUT2D eigenvalue weighted by Gasteiger charge is 1.81. The minimum Gasteiger partial charge on any atom is -0.480 e. The van der Waals surface area contributed by atoms with Crippen LogP contribution in [0.25, 0.3) is 0 Å². The average molecular weight is 262 g/mol. The van der Waals surface area contributed by atoms with Gasteiger partial charge in [0.2, 0.25) is 0 Å². The van der Waals surface area contributed by atoms with Crippen molar-refractivity contribution in [1.29, 1.82) is 0 Å². The van der Waals surface area contributed by atoms with Crippen LogP contribution in [0.15, 0.2) is 0 Å². The molecule has 10 heteroatoms. The second-order valence-electron chi connectivity index (χ2n) is 1.79. The molecule has 9 N–H and O–H groups in total. The lowest BCUT2D eigenvalue weighted by atomic mass is 10.7. The summed E-state index contributed by atoms with van der Waals surface area (Å²) in [5.41, 5.74) is 13.7. The fraction of sp³-hybridized carbons (Fsp3) is 0.500. The van der Waals surface area contributed by atoms with Crippen molar-refractivity contribution < 1.29 is 29.7 Å². The van der Waals surface area contributed by atoms with E-state index in [1.165, 1.54) is 0 Å². The fourth-order valence-corrected chi connectivity index (χ4v) is 0. The standard InChI is InChI=1S/3C2H5NO2.ClH/c3*3-1-2(4)5;/h3*1,3H2,(H,4,5);1H. The van der Waals surface area contributed by atoms with E-state index < -0.39 is 17.9 Å². The highest BCUT2D eigenvalue weighted by molar-refractivity contribution is 5.85. The number of carboxylic acids is 3. The maximum absolute atomic E-state index is 9.24. The Morgan fingerprint density at radius 2 is 0.750 bits per heavy atom. The Labute approximate surface area is 97.6 Å². The molecule has 0 aliphatic heterocycles. The van der Waals surface area contributed by atoms with Gasteiger partial charge in [0.15, 0.2) is 0 Å². The van der Waals surface area contributed by atoms with Gasteiger partial charge in [0.05, 0.1) is 19.6 Å². The van der Waals surface area contributed by atoms with Gasteiger partial charge in [0.1, 0.15) is 0 Å². The Morgan fingerprint density at radius 1 is 0.688 bits per heavy atom. The summed E-state index contributed by atoms with van der Waals surface area (Å²) in [5.74, 6) is -2.90. The summed E-state index contributed by atoms with van der Waals surface area (Å²) in [4.78, 5) is 27.7. The monoisotopic (exact) mass is 261 g/mol. The van der Waals surface area contributed by atoms with Crippen molar-refractivity contribution in [1.82, 2.24) is 0 Å². The molecule has 0 aliphatic carbocycles. The van der Waals surface area contributed by atoms with Gasteiger partial charge in [0, 0.05) is 0 Å². The van der Waals surface area contributed by atoms with Crippen molar-refractivity contribution in [3.8, 4) is 0 Å². The number of rotatable bonds is 3. The van der Waals surface area contributed by atoms with E-state index in [-0.39, 0.29) is 32.0 Å². The number of carbonyl (C=O) groups is 3. The summed E-state index contributed by atoms with van der Waals surface area (Å²) in [5, 5.41) is 22.8. The molecule has 0 heterocycles. The Kier molecular flexibility index (Phi) is 28.8. The topological polar surface area (TPSA) is 190 Å². The van der Waals surface area contributed by atoms with Crippen molar-refractivity contribution in [2.75, 3.05) is 19.6 Å². The van der Waals surface area contributed by atoms with E-state index in [1.54, 1.807) is 0 Å². The van der Waals surface area contributed by atoms with E-state index in [1.807, 2.05) is 0 Å². The highest BCUT2D eigenvalue weighted by Crippen LogP contribution is 1.44. The molecule has 0 amide bonds. The van der Waals surface area contributed by atoms with Crippen LogP contribution >= 0.6 is 12.4 Å². The van der Waals surface area contributed by atoms with Gasteiger partial charge < -0.3 is 32.5 Å². The molecule has 0 rings (SSSR count). The van der Waals surface area contributed by atoms with Crippen molar-refractivity contribution in [3.63, 3.8) is 0 Å². The number of carboxylic acid groups (broad SMARTS) is 3. The van der Waals surface area contributed by atoms with Crippen LogP contribution < -0.4 is 17.2 Å². The SMILES string of the molecule is Cl.NCC(=O)O.NCC(=O)O.NCC(=O)O. The summed E-state index contributed by atoms with van der Waals surface area (Å²) in [6.07, 6.45) is 0. The van der Waals surface area contributed by atoms with Crippen LogP contribution in [-0.2, 0) is 14.4 Å². The van der Waals surface area contributed by atoms with E-state index >= 15 is 0 Å². The Bertz CT molecular complexity index is 167. The summed E-state index contributed by atoms with van der Waals surface area (Å²) in [6, 6.07) is 0. The normalized spacial score (nSPS) is 6.94. The molecule has 0 unspecified atom stereocenters. The van der Waals surface area contributed by atoms with Gasteiger partial charge in [-0.05, 0) is 0 Å². The van der Waals surface area contributed by atoms with Gasteiger partial charge in [-0.1, -0.05) is 0 Å². The molecule has 0 saturated heterocycles. The first kappa shape index (κ1) is 24.0. The Morgan fingerprint density at radius 3 is 0.750 bits per heavy atom. The smallest absolute Gasteiger partial charge is 0.317 e. The van der Waals surface area contributed by atoms with Crippen LogP contribution in [0.2, 0.25) is 0 Å². The van der Waals surface area contributed by atoms with Gasteiger partial charge in [0.25, 0.3) is 0 Å². The first-order chi connectivity index (χ1) is 6.81. The number of hydrogen-bond donors (Lipinski definition) is 6. The molecule has 0 radical (unpaired) electrons. The van der Waals surface area contributed by atoms with Crippen LogP contribution in [0.4, 0.5) is 0 Å². The largest absolute Gasteiger partial charge is 0.480 e. The van der Waals surface area contributed by atoms with Crippen LogP contribution in [0.5, 0.6) is 0 Å². The molecule has 0 atom stereocenters. The number of hydrogen-bond acceptors (Lipinski definition) is 6. The molecule has 0 spiro atoms. The molecular formula is C6H16ClN3O6. The minimum atomic E-state index is -0.968. The van der Waals surface area contributed by atoms with Gasteiger partial charge in [-0.2, -0.15) is 0 Å². The molecule has 0 aromatic heterocycles. The molecule has 0 aromatic rings. The van der Waals surface area contributed by atoms with E-state index in [0.717, 1.165) is 0 Å². The number of nitrogens with two attached hydrogens (primary N) is 3. The lowest BCUT2D eigenvalue weighted by Gasteiger charge is -1.73. The molecule has 0 fully saturated rings. The third-order valence-electron chi connectivity index (χ3n) is 0.524. The van der Waals surface area contributed by atoms with Gasteiger partial charge in [-0.15, -0.1) is 12.4 Å². The van der Waals surface area contributed by atoms with Crippen LogP contribution in [0, 0.1) is 0 Å².